The van der Waals surface area contributed by atoms with Crippen LogP contribution in [0.15, 0.2) is 18.2 Å². The Labute approximate surface area is 151 Å². The van der Waals surface area contributed by atoms with Crippen LogP contribution in [0.2, 0.25) is 0 Å². The number of nitrogens with zero attached hydrogens (tertiary/aromatic N) is 1. The molecule has 0 aliphatic heterocycles. The minimum Gasteiger partial charge on any atom is -0.487 e. The van der Waals surface area contributed by atoms with Gasteiger partial charge in [0.15, 0.2) is 5.75 Å². The van der Waals surface area contributed by atoms with Gasteiger partial charge in [0.25, 0.3) is 0 Å². The van der Waals surface area contributed by atoms with Crippen molar-refractivity contribution in [3.8, 4) is 5.75 Å². The van der Waals surface area contributed by atoms with Crippen LogP contribution >= 0.6 is 0 Å². The minimum atomic E-state index is -0.635. The van der Waals surface area contributed by atoms with E-state index < -0.39 is 22.6 Å². The molecule has 1 amide bonds. The topological polar surface area (TPSA) is 117 Å². The average molecular weight is 368 g/mol. The van der Waals surface area contributed by atoms with E-state index in [0.29, 0.717) is 13.0 Å². The van der Waals surface area contributed by atoms with Crippen molar-refractivity contribution in [1.29, 1.82) is 0 Å². The third-order valence-electron chi connectivity index (χ3n) is 2.91. The average Bonchev–Trinajstić information content (AvgIpc) is 2.53. The maximum atomic E-state index is 11.7. The van der Waals surface area contributed by atoms with Crippen molar-refractivity contribution in [2.75, 3.05) is 19.8 Å². The van der Waals surface area contributed by atoms with Crippen molar-refractivity contribution < 1.29 is 28.7 Å². The Morgan fingerprint density at radius 1 is 1.27 bits per heavy atom. The lowest BCUT2D eigenvalue weighted by atomic mass is 10.2. The molecule has 1 aromatic carbocycles. The van der Waals surface area contributed by atoms with Crippen LogP contribution in [0.3, 0.4) is 0 Å². The van der Waals surface area contributed by atoms with Gasteiger partial charge in [-0.15, -0.1) is 0 Å². The Balaban J connectivity index is 2.55. The molecule has 0 atom stereocenters. The third-order valence-corrected chi connectivity index (χ3v) is 2.91. The number of rotatable bonds is 8. The molecule has 0 spiro atoms. The normalized spacial score (nSPS) is 10.8. The molecule has 0 saturated heterocycles. The van der Waals surface area contributed by atoms with Gasteiger partial charge in [-0.3, -0.25) is 10.1 Å². The molecule has 0 radical (unpaired) electrons. The highest BCUT2D eigenvalue weighted by molar-refractivity contribution is 5.90. The number of hydrogen-bond acceptors (Lipinski definition) is 7. The molecule has 0 fully saturated rings. The summed E-state index contributed by atoms with van der Waals surface area (Å²) in [6, 6.07) is 3.87. The van der Waals surface area contributed by atoms with E-state index in [1.807, 2.05) is 0 Å². The van der Waals surface area contributed by atoms with Crippen molar-refractivity contribution in [2.24, 2.45) is 0 Å². The molecule has 0 unspecified atom stereocenters. The number of amides is 1. The highest BCUT2D eigenvalue weighted by atomic mass is 16.6. The lowest BCUT2D eigenvalue weighted by molar-refractivity contribution is -0.385. The van der Waals surface area contributed by atoms with Gasteiger partial charge >= 0.3 is 17.7 Å². The lowest BCUT2D eigenvalue weighted by Gasteiger charge is -2.19. The summed E-state index contributed by atoms with van der Waals surface area (Å²) in [7, 11) is 0. The molecule has 0 saturated carbocycles. The van der Waals surface area contributed by atoms with Gasteiger partial charge < -0.3 is 19.5 Å². The predicted octanol–water partition coefficient (Wildman–Crippen LogP) is 3.07. The summed E-state index contributed by atoms with van der Waals surface area (Å²) in [6.45, 7) is 7.54. The molecular formula is C17H24N2O7. The number of nitrogens with one attached hydrogen (secondary N) is 1. The van der Waals surface area contributed by atoms with E-state index in [1.165, 1.54) is 12.1 Å². The van der Waals surface area contributed by atoms with Gasteiger partial charge in [0.05, 0.1) is 23.7 Å². The number of ether oxygens (including phenoxy) is 3. The first kappa shape index (κ1) is 21.2. The van der Waals surface area contributed by atoms with Crippen molar-refractivity contribution in [3.05, 3.63) is 33.9 Å². The lowest BCUT2D eigenvalue weighted by Crippen LogP contribution is -2.33. The number of carbonyl (C=O) groups excluding carboxylic acids is 2. The number of esters is 1. The van der Waals surface area contributed by atoms with E-state index in [-0.39, 0.29) is 30.2 Å². The van der Waals surface area contributed by atoms with Gasteiger partial charge in [-0.25, -0.2) is 9.59 Å². The minimum absolute atomic E-state index is 0.0420. The fourth-order valence-electron chi connectivity index (χ4n) is 1.88. The summed E-state index contributed by atoms with van der Waals surface area (Å²) < 4.78 is 15.3. The Morgan fingerprint density at radius 2 is 1.96 bits per heavy atom. The zero-order valence-electron chi connectivity index (χ0n) is 15.4. The summed E-state index contributed by atoms with van der Waals surface area (Å²) in [4.78, 5) is 33.7. The molecule has 0 aliphatic carbocycles. The zero-order chi connectivity index (χ0) is 19.7. The van der Waals surface area contributed by atoms with E-state index in [0.717, 1.165) is 6.07 Å². The van der Waals surface area contributed by atoms with Crippen molar-refractivity contribution in [3.63, 3.8) is 0 Å². The van der Waals surface area contributed by atoms with E-state index in [4.69, 9.17) is 14.2 Å². The standard InChI is InChI=1S/C17H24N2O7/c1-5-24-15(20)12-7-8-14(13(11-12)19(22)23)25-10-6-9-18-16(21)26-17(2,3)4/h7-8,11H,5-6,9-10H2,1-4H3,(H,18,21). The number of nitro benzene ring substituents is 1. The van der Waals surface area contributed by atoms with Crippen molar-refractivity contribution >= 4 is 17.7 Å². The molecule has 9 heteroatoms. The van der Waals surface area contributed by atoms with Crippen LogP contribution in [0.5, 0.6) is 5.75 Å². The molecule has 9 nitrogen and oxygen atoms in total. The van der Waals surface area contributed by atoms with E-state index in [9.17, 15) is 19.7 Å². The molecule has 144 valence electrons. The van der Waals surface area contributed by atoms with Gasteiger partial charge in [0.1, 0.15) is 5.60 Å². The molecule has 1 aromatic rings. The predicted molar refractivity (Wildman–Crippen MR) is 93.4 cm³/mol. The Bertz CT molecular complexity index is 653. The smallest absolute Gasteiger partial charge is 0.407 e. The van der Waals surface area contributed by atoms with Gasteiger partial charge in [-0.2, -0.15) is 0 Å². The van der Waals surface area contributed by atoms with Gasteiger partial charge in [-0.05, 0) is 46.2 Å². The number of alkyl carbamates (subject to hydrolysis) is 1. The maximum absolute atomic E-state index is 11.7. The van der Waals surface area contributed by atoms with E-state index >= 15 is 0 Å². The van der Waals surface area contributed by atoms with Crippen LogP contribution < -0.4 is 10.1 Å². The summed E-state index contributed by atoms with van der Waals surface area (Å²) in [5.74, 6) is -0.593. The fourth-order valence-corrected chi connectivity index (χ4v) is 1.88. The Morgan fingerprint density at radius 3 is 2.54 bits per heavy atom. The molecule has 0 aliphatic rings. The van der Waals surface area contributed by atoms with Gasteiger partial charge in [-0.1, -0.05) is 0 Å². The second-order valence-electron chi connectivity index (χ2n) is 6.29. The highest BCUT2D eigenvalue weighted by Crippen LogP contribution is 2.28. The third kappa shape index (κ3) is 7.37. The second-order valence-corrected chi connectivity index (χ2v) is 6.29. The first-order valence-electron chi connectivity index (χ1n) is 8.19. The molecule has 0 heterocycles. The first-order chi connectivity index (χ1) is 12.1. The number of benzene rings is 1. The Hall–Kier alpha value is -2.84. The second kappa shape index (κ2) is 9.59. The van der Waals surface area contributed by atoms with Crippen LogP contribution in [-0.4, -0.2) is 42.3 Å². The summed E-state index contributed by atoms with van der Waals surface area (Å²) in [5.41, 5.74) is -0.824. The van der Waals surface area contributed by atoms with Crippen LogP contribution in [-0.2, 0) is 9.47 Å². The molecule has 0 aromatic heterocycles. The van der Waals surface area contributed by atoms with Crippen molar-refractivity contribution in [1.82, 2.24) is 5.32 Å². The summed E-state index contributed by atoms with van der Waals surface area (Å²) in [6.07, 6.45) is -0.113. The first-order valence-corrected chi connectivity index (χ1v) is 8.19. The van der Waals surface area contributed by atoms with Crippen molar-refractivity contribution in [2.45, 2.75) is 39.7 Å². The molecular weight excluding hydrogens is 344 g/mol. The molecule has 0 bridgehead atoms. The summed E-state index contributed by atoms with van der Waals surface area (Å²) >= 11 is 0. The SMILES string of the molecule is CCOC(=O)c1ccc(OCCCNC(=O)OC(C)(C)C)c([N+](=O)[O-])c1. The number of hydrogen-bond donors (Lipinski definition) is 1. The molecule has 1 rings (SSSR count). The molecule has 26 heavy (non-hydrogen) atoms. The number of nitro groups is 1. The van der Waals surface area contributed by atoms with Gasteiger partial charge in [0.2, 0.25) is 0 Å². The van der Waals surface area contributed by atoms with E-state index in [1.54, 1.807) is 27.7 Å². The number of carbonyl (C=O) groups is 2. The van der Waals surface area contributed by atoms with Crippen LogP contribution in [0.25, 0.3) is 0 Å². The highest BCUT2D eigenvalue weighted by Gasteiger charge is 2.19. The molecule has 1 N–H and O–H groups in total. The largest absolute Gasteiger partial charge is 0.487 e. The van der Waals surface area contributed by atoms with Gasteiger partial charge in [0, 0.05) is 12.6 Å². The summed E-state index contributed by atoms with van der Waals surface area (Å²) in [5, 5.41) is 13.7. The zero-order valence-corrected chi connectivity index (χ0v) is 15.4. The monoisotopic (exact) mass is 368 g/mol. The maximum Gasteiger partial charge on any atom is 0.407 e. The van der Waals surface area contributed by atoms with E-state index in [2.05, 4.69) is 5.32 Å². The van der Waals surface area contributed by atoms with Crippen LogP contribution in [0.4, 0.5) is 10.5 Å². The van der Waals surface area contributed by atoms with Crippen LogP contribution in [0, 0.1) is 10.1 Å². The quantitative estimate of drug-likeness (QED) is 0.324. The fraction of sp³-hybridized carbons (Fsp3) is 0.529. The Kier molecular flexibility index (Phi) is 7.82. The van der Waals surface area contributed by atoms with Crippen LogP contribution in [0.1, 0.15) is 44.5 Å².